The molecule has 1 nitrogen and oxygen atoms in total. The minimum atomic E-state index is -2.48. The van der Waals surface area contributed by atoms with E-state index in [1.165, 1.54) is 0 Å². The molecule has 0 unspecified atom stereocenters. The van der Waals surface area contributed by atoms with Gasteiger partial charge in [0, 0.05) is 12.5 Å². The average Bonchev–Trinajstić information content (AvgIpc) is 2.08. The molecule has 0 amide bonds. The van der Waals surface area contributed by atoms with E-state index >= 15 is 0 Å². The van der Waals surface area contributed by atoms with Crippen molar-refractivity contribution in [2.24, 2.45) is 11.8 Å². The molecule has 1 aliphatic rings. The molecule has 1 heterocycles. The Morgan fingerprint density at radius 3 is 2.30 bits per heavy atom. The molecule has 0 aromatic heterocycles. The highest BCUT2D eigenvalue weighted by Gasteiger charge is 2.45. The number of hydrogen-bond acceptors (Lipinski definition) is 1. The lowest BCUT2D eigenvalue weighted by Crippen LogP contribution is -2.30. The van der Waals surface area contributed by atoms with E-state index in [0.717, 1.165) is 0 Å². The van der Waals surface area contributed by atoms with Gasteiger partial charge < -0.3 is 5.32 Å². The first kappa shape index (κ1) is 7.92. The molecule has 60 valence electrons. The molecule has 0 radical (unpaired) electrons. The summed E-state index contributed by atoms with van der Waals surface area (Å²) in [6, 6.07) is 0. The largest absolute Gasteiger partial charge is 0.311 e. The Balaban J connectivity index is 2.59. The molecule has 1 aliphatic heterocycles. The van der Waals surface area contributed by atoms with Crippen molar-refractivity contribution in [2.45, 2.75) is 19.8 Å². The fraction of sp³-hybridized carbons (Fsp3) is 1.00. The van der Waals surface area contributed by atoms with Crippen molar-refractivity contribution >= 4 is 0 Å². The van der Waals surface area contributed by atoms with Gasteiger partial charge in [-0.1, -0.05) is 13.8 Å². The van der Waals surface area contributed by atoms with Gasteiger partial charge in [-0.25, -0.2) is 8.78 Å². The highest BCUT2D eigenvalue weighted by molar-refractivity contribution is 4.89. The predicted octanol–water partition coefficient (Wildman–Crippen LogP) is 1.50. The second-order valence-corrected chi connectivity index (χ2v) is 3.24. The quantitative estimate of drug-likeness (QED) is 0.595. The van der Waals surface area contributed by atoms with Gasteiger partial charge in [0.25, 0.3) is 5.92 Å². The molecule has 0 aliphatic carbocycles. The summed E-state index contributed by atoms with van der Waals surface area (Å²) in [5.74, 6) is -2.87. The summed E-state index contributed by atoms with van der Waals surface area (Å²) in [5, 5.41) is 2.69. The Morgan fingerprint density at radius 1 is 1.50 bits per heavy atom. The molecule has 1 atom stereocenters. The van der Waals surface area contributed by atoms with Crippen LogP contribution in [0, 0.1) is 11.8 Å². The average molecular weight is 149 g/mol. The molecule has 0 spiro atoms. The van der Waals surface area contributed by atoms with Crippen molar-refractivity contribution in [3.05, 3.63) is 0 Å². The zero-order valence-corrected chi connectivity index (χ0v) is 6.32. The van der Waals surface area contributed by atoms with E-state index in [0.29, 0.717) is 6.54 Å². The number of hydrogen-bond donors (Lipinski definition) is 1. The Labute approximate surface area is 59.8 Å². The summed E-state index contributed by atoms with van der Waals surface area (Å²) >= 11 is 0. The number of alkyl halides is 2. The first-order valence-corrected chi connectivity index (χ1v) is 3.62. The van der Waals surface area contributed by atoms with Crippen LogP contribution in [0.2, 0.25) is 0 Å². The number of nitrogens with one attached hydrogen (secondary N) is 1. The van der Waals surface area contributed by atoms with E-state index in [-0.39, 0.29) is 12.5 Å². The smallest absolute Gasteiger partial charge is 0.264 e. The van der Waals surface area contributed by atoms with Crippen LogP contribution in [-0.4, -0.2) is 19.0 Å². The fourth-order valence-corrected chi connectivity index (χ4v) is 1.40. The highest BCUT2D eigenvalue weighted by atomic mass is 19.3. The predicted molar refractivity (Wildman–Crippen MR) is 36.1 cm³/mol. The van der Waals surface area contributed by atoms with Gasteiger partial charge in [0.2, 0.25) is 0 Å². The Morgan fingerprint density at radius 2 is 2.10 bits per heavy atom. The van der Waals surface area contributed by atoms with E-state index in [9.17, 15) is 8.78 Å². The molecule has 0 aromatic rings. The number of halogens is 2. The third kappa shape index (κ3) is 1.29. The van der Waals surface area contributed by atoms with Crippen LogP contribution in [0.4, 0.5) is 8.78 Å². The van der Waals surface area contributed by atoms with Gasteiger partial charge in [-0.2, -0.15) is 0 Å². The van der Waals surface area contributed by atoms with Crippen LogP contribution in [-0.2, 0) is 0 Å². The van der Waals surface area contributed by atoms with Crippen molar-refractivity contribution in [3.63, 3.8) is 0 Å². The van der Waals surface area contributed by atoms with E-state index in [4.69, 9.17) is 0 Å². The fourth-order valence-electron chi connectivity index (χ4n) is 1.40. The normalized spacial score (nSPS) is 31.5. The lowest BCUT2D eigenvalue weighted by atomic mass is 9.92. The summed E-state index contributed by atoms with van der Waals surface area (Å²) in [6.07, 6.45) is 0. The standard InChI is InChI=1S/C7H13F2N/c1-5(2)6-3-10-4-7(6,8)9/h5-6,10H,3-4H2,1-2H3/t6-/m1/s1. The monoisotopic (exact) mass is 149 g/mol. The van der Waals surface area contributed by atoms with Crippen LogP contribution < -0.4 is 5.32 Å². The molecule has 1 fully saturated rings. The third-order valence-corrected chi connectivity index (χ3v) is 2.07. The van der Waals surface area contributed by atoms with Crippen LogP contribution in [0.25, 0.3) is 0 Å². The van der Waals surface area contributed by atoms with Gasteiger partial charge in [0.15, 0.2) is 0 Å². The molecule has 3 heteroatoms. The molecular formula is C7H13F2N. The van der Waals surface area contributed by atoms with Crippen LogP contribution >= 0.6 is 0 Å². The molecule has 10 heavy (non-hydrogen) atoms. The maximum absolute atomic E-state index is 12.8. The van der Waals surface area contributed by atoms with Crippen LogP contribution in [0.15, 0.2) is 0 Å². The molecule has 1 rings (SSSR count). The Kier molecular flexibility index (Phi) is 1.95. The highest BCUT2D eigenvalue weighted by Crippen LogP contribution is 2.32. The van der Waals surface area contributed by atoms with E-state index < -0.39 is 11.8 Å². The Bertz CT molecular complexity index is 123. The maximum atomic E-state index is 12.8. The summed E-state index contributed by atoms with van der Waals surface area (Å²) in [6.45, 7) is 4.00. The van der Waals surface area contributed by atoms with Gasteiger partial charge >= 0.3 is 0 Å². The summed E-state index contributed by atoms with van der Waals surface area (Å²) in [7, 11) is 0. The molecule has 1 N–H and O–H groups in total. The van der Waals surface area contributed by atoms with Crippen LogP contribution in [0.1, 0.15) is 13.8 Å². The summed E-state index contributed by atoms with van der Waals surface area (Å²) in [4.78, 5) is 0. The molecule has 0 saturated carbocycles. The first-order chi connectivity index (χ1) is 4.54. The molecular weight excluding hydrogens is 136 g/mol. The second-order valence-electron chi connectivity index (χ2n) is 3.24. The third-order valence-electron chi connectivity index (χ3n) is 2.07. The maximum Gasteiger partial charge on any atom is 0.264 e. The molecule has 0 aromatic carbocycles. The second kappa shape index (κ2) is 2.46. The first-order valence-electron chi connectivity index (χ1n) is 3.62. The van der Waals surface area contributed by atoms with E-state index in [1.807, 2.05) is 13.8 Å². The minimum absolute atomic E-state index is 0.0741. The van der Waals surface area contributed by atoms with Gasteiger partial charge in [0.05, 0.1) is 6.54 Å². The van der Waals surface area contributed by atoms with Crippen molar-refractivity contribution in [2.75, 3.05) is 13.1 Å². The summed E-state index contributed by atoms with van der Waals surface area (Å²) in [5.41, 5.74) is 0. The van der Waals surface area contributed by atoms with Gasteiger partial charge in [-0.15, -0.1) is 0 Å². The zero-order valence-electron chi connectivity index (χ0n) is 6.32. The van der Waals surface area contributed by atoms with Gasteiger partial charge in [0.1, 0.15) is 0 Å². The van der Waals surface area contributed by atoms with E-state index in [1.54, 1.807) is 0 Å². The van der Waals surface area contributed by atoms with Crippen molar-refractivity contribution in [1.82, 2.24) is 5.32 Å². The topological polar surface area (TPSA) is 12.0 Å². The van der Waals surface area contributed by atoms with Crippen molar-refractivity contribution < 1.29 is 8.78 Å². The van der Waals surface area contributed by atoms with Gasteiger partial charge in [-0.05, 0) is 5.92 Å². The number of rotatable bonds is 1. The SMILES string of the molecule is CC(C)[C@H]1CNCC1(F)F. The van der Waals surface area contributed by atoms with E-state index in [2.05, 4.69) is 5.32 Å². The van der Waals surface area contributed by atoms with Gasteiger partial charge in [-0.3, -0.25) is 0 Å². The van der Waals surface area contributed by atoms with Crippen molar-refractivity contribution in [3.8, 4) is 0 Å². The molecule has 1 saturated heterocycles. The lowest BCUT2D eigenvalue weighted by molar-refractivity contribution is -0.0375. The summed E-state index contributed by atoms with van der Waals surface area (Å²) < 4.78 is 25.6. The molecule has 0 bridgehead atoms. The van der Waals surface area contributed by atoms with Crippen LogP contribution in [0.5, 0.6) is 0 Å². The Hall–Kier alpha value is -0.180. The zero-order chi connectivity index (χ0) is 7.78. The minimum Gasteiger partial charge on any atom is -0.311 e. The van der Waals surface area contributed by atoms with Crippen LogP contribution in [0.3, 0.4) is 0 Å². The van der Waals surface area contributed by atoms with Crippen molar-refractivity contribution in [1.29, 1.82) is 0 Å². The lowest BCUT2D eigenvalue weighted by Gasteiger charge is -2.20.